The summed E-state index contributed by atoms with van der Waals surface area (Å²) in [5, 5.41) is 19.7. The minimum Gasteiger partial charge on any atom is -0.481 e. The topological polar surface area (TPSA) is 92.1 Å². The minimum atomic E-state index is -1.08. The number of methoxy groups -OCH3 is 1. The van der Waals surface area contributed by atoms with Crippen LogP contribution in [0.3, 0.4) is 0 Å². The lowest BCUT2D eigenvalue weighted by atomic mass is 10.1. The molecule has 8 heteroatoms. The van der Waals surface area contributed by atoms with Gasteiger partial charge in [0.2, 0.25) is 5.88 Å². The van der Waals surface area contributed by atoms with Crippen LogP contribution >= 0.6 is 0 Å². The van der Waals surface area contributed by atoms with Crippen molar-refractivity contribution in [2.45, 2.75) is 19.1 Å². The van der Waals surface area contributed by atoms with Crippen molar-refractivity contribution in [2.24, 2.45) is 0 Å². The predicted octanol–water partition coefficient (Wildman–Crippen LogP) is 2.68. The van der Waals surface area contributed by atoms with Crippen LogP contribution in [0.25, 0.3) is 0 Å². The number of pyridine rings is 1. The van der Waals surface area contributed by atoms with Crippen LogP contribution in [0.2, 0.25) is 0 Å². The number of hydrogen-bond acceptors (Lipinski definition) is 6. The fourth-order valence-corrected chi connectivity index (χ4v) is 2.30. The van der Waals surface area contributed by atoms with E-state index in [0.29, 0.717) is 5.06 Å². The van der Waals surface area contributed by atoms with Crippen LogP contribution in [-0.4, -0.2) is 40.2 Å². The Labute approximate surface area is 144 Å². The molecule has 2 aromatic rings. The molecular formula is C17H19FN2O5. The molecule has 0 saturated heterocycles. The molecule has 0 aliphatic rings. The quantitative estimate of drug-likeness (QED) is 0.589. The number of carbonyl (C=O) groups excluding carboxylic acids is 1. The summed E-state index contributed by atoms with van der Waals surface area (Å²) >= 11 is 0. The fraction of sp³-hybridized carbons (Fsp3) is 0.294. The highest BCUT2D eigenvalue weighted by Crippen LogP contribution is 2.30. The van der Waals surface area contributed by atoms with E-state index in [0.717, 1.165) is 17.8 Å². The number of nitrogens with zero attached hydrogens (tertiary/aromatic N) is 2. The lowest BCUT2D eigenvalue weighted by Gasteiger charge is -2.26. The van der Waals surface area contributed by atoms with E-state index in [1.807, 2.05) is 6.07 Å². The zero-order chi connectivity index (χ0) is 18.2. The summed E-state index contributed by atoms with van der Waals surface area (Å²) in [6.45, 7) is -0.394. The summed E-state index contributed by atoms with van der Waals surface area (Å²) < 4.78 is 23.6. The number of ether oxygens (including phenoxy) is 2. The van der Waals surface area contributed by atoms with Gasteiger partial charge in [0, 0.05) is 12.2 Å². The molecule has 1 aromatic carbocycles. The summed E-state index contributed by atoms with van der Waals surface area (Å²) in [7, 11) is 1.33. The Morgan fingerprint density at radius 3 is 2.72 bits per heavy atom. The van der Waals surface area contributed by atoms with E-state index in [1.165, 1.54) is 7.11 Å². The lowest BCUT2D eigenvalue weighted by Crippen LogP contribution is -2.33. The third kappa shape index (κ3) is 4.88. The predicted molar refractivity (Wildman–Crippen MR) is 85.4 cm³/mol. The molecule has 2 rings (SSSR count). The number of aliphatic hydroxyl groups is 1. The van der Waals surface area contributed by atoms with Crippen LogP contribution in [0.5, 0.6) is 5.88 Å². The highest BCUT2D eigenvalue weighted by molar-refractivity contribution is 5.67. The number of aliphatic hydroxyl groups excluding tert-OH is 1. The normalized spacial score (nSPS) is 11.7. The van der Waals surface area contributed by atoms with Gasteiger partial charge in [0.1, 0.15) is 12.4 Å². The molecule has 0 unspecified atom stereocenters. The van der Waals surface area contributed by atoms with Crippen LogP contribution in [0.15, 0.2) is 42.6 Å². The first-order chi connectivity index (χ1) is 12.1. The molecule has 1 aromatic heterocycles. The maximum Gasteiger partial charge on any atom is 0.434 e. The standard InChI is InChI=1S/C17H19FN2O5/c1-24-16-14(9-13(18)10-19-16)15(7-8-21)20(23)17(22)25-11-12-5-3-2-4-6-12/h2-6,9-10,15,21,23H,7-8,11H2,1H3/t15-/m1/s1. The van der Waals surface area contributed by atoms with E-state index >= 15 is 0 Å². The molecule has 0 bridgehead atoms. The zero-order valence-electron chi connectivity index (χ0n) is 13.6. The van der Waals surface area contributed by atoms with Crippen LogP contribution in [0, 0.1) is 5.82 Å². The number of hydrogen-bond donors (Lipinski definition) is 2. The van der Waals surface area contributed by atoms with Gasteiger partial charge in [-0.25, -0.2) is 14.2 Å². The monoisotopic (exact) mass is 350 g/mol. The van der Waals surface area contributed by atoms with Crippen LogP contribution in [0.4, 0.5) is 9.18 Å². The second-order valence-electron chi connectivity index (χ2n) is 5.16. The average molecular weight is 350 g/mol. The Morgan fingerprint density at radius 1 is 1.36 bits per heavy atom. The van der Waals surface area contributed by atoms with Crippen molar-refractivity contribution in [2.75, 3.05) is 13.7 Å². The largest absolute Gasteiger partial charge is 0.481 e. The van der Waals surface area contributed by atoms with Gasteiger partial charge in [-0.05, 0) is 18.1 Å². The van der Waals surface area contributed by atoms with Crippen molar-refractivity contribution < 1.29 is 29.0 Å². The highest BCUT2D eigenvalue weighted by Gasteiger charge is 2.28. The first-order valence-electron chi connectivity index (χ1n) is 7.56. The van der Waals surface area contributed by atoms with Crippen molar-refractivity contribution in [3.8, 4) is 5.88 Å². The van der Waals surface area contributed by atoms with E-state index in [4.69, 9.17) is 9.47 Å². The van der Waals surface area contributed by atoms with Crippen LogP contribution in [-0.2, 0) is 11.3 Å². The highest BCUT2D eigenvalue weighted by atomic mass is 19.1. The second-order valence-corrected chi connectivity index (χ2v) is 5.16. The second kappa shape index (κ2) is 8.95. The summed E-state index contributed by atoms with van der Waals surface area (Å²) in [5.74, 6) is -0.625. The molecule has 2 N–H and O–H groups in total. The number of aromatic nitrogens is 1. The van der Waals surface area contributed by atoms with Crippen LogP contribution in [0.1, 0.15) is 23.6 Å². The molecule has 1 amide bonds. The van der Waals surface area contributed by atoms with E-state index in [9.17, 15) is 19.5 Å². The SMILES string of the molecule is COc1ncc(F)cc1[C@@H](CCO)N(O)C(=O)OCc1ccccc1. The van der Waals surface area contributed by atoms with E-state index in [2.05, 4.69) is 4.98 Å². The molecule has 0 spiro atoms. The Kier molecular flexibility index (Phi) is 6.67. The van der Waals surface area contributed by atoms with Gasteiger partial charge < -0.3 is 14.6 Å². The molecule has 0 fully saturated rings. The molecule has 134 valence electrons. The summed E-state index contributed by atoms with van der Waals surface area (Å²) in [6.07, 6.45) is -0.139. The maximum atomic E-state index is 13.5. The molecule has 1 heterocycles. The van der Waals surface area contributed by atoms with Gasteiger partial charge >= 0.3 is 6.09 Å². The molecule has 0 aliphatic carbocycles. The molecule has 1 atom stereocenters. The number of hydroxylamine groups is 2. The zero-order valence-corrected chi connectivity index (χ0v) is 13.6. The van der Waals surface area contributed by atoms with E-state index in [1.54, 1.807) is 24.3 Å². The Bertz CT molecular complexity index is 699. The summed E-state index contributed by atoms with van der Waals surface area (Å²) in [5.41, 5.74) is 0.865. The number of rotatable bonds is 7. The van der Waals surface area contributed by atoms with Gasteiger partial charge in [-0.15, -0.1) is 0 Å². The Morgan fingerprint density at radius 2 is 2.08 bits per heavy atom. The Balaban J connectivity index is 2.15. The number of amides is 1. The van der Waals surface area contributed by atoms with Crippen molar-refractivity contribution in [3.63, 3.8) is 0 Å². The maximum absolute atomic E-state index is 13.5. The molecule has 0 radical (unpaired) electrons. The van der Waals surface area contributed by atoms with Gasteiger partial charge in [0.25, 0.3) is 0 Å². The average Bonchev–Trinajstić information content (AvgIpc) is 2.64. The molecule has 7 nitrogen and oxygen atoms in total. The number of halogens is 1. The van der Waals surface area contributed by atoms with Crippen molar-refractivity contribution in [1.29, 1.82) is 0 Å². The summed E-state index contributed by atoms with van der Waals surface area (Å²) in [6, 6.07) is 8.94. The third-order valence-electron chi connectivity index (χ3n) is 3.49. The van der Waals surface area contributed by atoms with Crippen LogP contribution < -0.4 is 4.74 Å². The lowest BCUT2D eigenvalue weighted by molar-refractivity contribution is -0.112. The van der Waals surface area contributed by atoms with Crippen molar-refractivity contribution in [1.82, 2.24) is 10.0 Å². The first-order valence-corrected chi connectivity index (χ1v) is 7.56. The van der Waals surface area contributed by atoms with Crippen molar-refractivity contribution >= 4 is 6.09 Å². The molecular weight excluding hydrogens is 331 g/mol. The smallest absolute Gasteiger partial charge is 0.434 e. The number of carbonyl (C=O) groups is 1. The minimum absolute atomic E-state index is 0.0368. The van der Waals surface area contributed by atoms with Gasteiger partial charge in [-0.3, -0.25) is 5.21 Å². The van der Waals surface area contributed by atoms with E-state index < -0.39 is 18.0 Å². The summed E-state index contributed by atoms with van der Waals surface area (Å²) in [4.78, 5) is 15.9. The Hall–Kier alpha value is -2.71. The molecule has 0 saturated carbocycles. The van der Waals surface area contributed by atoms with Gasteiger partial charge in [0.15, 0.2) is 0 Å². The molecule has 0 aliphatic heterocycles. The van der Waals surface area contributed by atoms with E-state index in [-0.39, 0.29) is 31.1 Å². The first kappa shape index (κ1) is 18.6. The van der Waals surface area contributed by atoms with Gasteiger partial charge in [0.05, 0.1) is 19.3 Å². The van der Waals surface area contributed by atoms with Gasteiger partial charge in [-0.2, -0.15) is 5.06 Å². The fourth-order valence-electron chi connectivity index (χ4n) is 2.30. The molecule has 25 heavy (non-hydrogen) atoms. The van der Waals surface area contributed by atoms with Gasteiger partial charge in [-0.1, -0.05) is 30.3 Å². The third-order valence-corrected chi connectivity index (χ3v) is 3.49. The number of benzene rings is 1. The van der Waals surface area contributed by atoms with Crippen molar-refractivity contribution in [3.05, 3.63) is 59.5 Å².